The molecule has 1 saturated heterocycles. The summed E-state index contributed by atoms with van der Waals surface area (Å²) in [7, 11) is 0. The molecule has 1 aliphatic rings. The van der Waals surface area contributed by atoms with E-state index < -0.39 is 0 Å². The lowest BCUT2D eigenvalue weighted by atomic mass is 10.3. The van der Waals surface area contributed by atoms with Gasteiger partial charge in [-0.2, -0.15) is 0 Å². The molecule has 0 unspecified atom stereocenters. The third kappa shape index (κ3) is 2.96. The maximum Gasteiger partial charge on any atom is 0.225 e. The Kier molecular flexibility index (Phi) is 3.51. The molecule has 0 saturated carbocycles. The number of hydrogen-bond donors (Lipinski definition) is 0. The maximum absolute atomic E-state index is 5.93. The Labute approximate surface area is 117 Å². The molecule has 2 aromatic rings. The molecule has 1 atom stereocenters. The molecule has 1 aromatic heterocycles. The summed E-state index contributed by atoms with van der Waals surface area (Å²) in [5.41, 5.74) is 0. The van der Waals surface area contributed by atoms with Crippen LogP contribution in [-0.2, 0) is 0 Å². The van der Waals surface area contributed by atoms with Crippen molar-refractivity contribution in [1.29, 1.82) is 0 Å². The lowest BCUT2D eigenvalue weighted by Gasteiger charge is -2.16. The van der Waals surface area contributed by atoms with Gasteiger partial charge in [-0.25, -0.2) is 9.97 Å². The second-order valence-electron chi connectivity index (χ2n) is 4.49. The monoisotopic (exact) mass is 275 g/mol. The van der Waals surface area contributed by atoms with Crippen LogP contribution in [0.15, 0.2) is 42.7 Å². The van der Waals surface area contributed by atoms with E-state index in [1.807, 2.05) is 30.3 Å². The number of nitrogens with zero attached hydrogens (tertiary/aromatic N) is 3. The van der Waals surface area contributed by atoms with Gasteiger partial charge in [0.25, 0.3) is 0 Å². The van der Waals surface area contributed by atoms with E-state index in [-0.39, 0.29) is 6.10 Å². The van der Waals surface area contributed by atoms with E-state index in [1.165, 1.54) is 0 Å². The van der Waals surface area contributed by atoms with E-state index in [2.05, 4.69) is 14.9 Å². The van der Waals surface area contributed by atoms with Gasteiger partial charge in [-0.05, 0) is 12.1 Å². The van der Waals surface area contributed by atoms with Gasteiger partial charge in [-0.15, -0.1) is 0 Å². The molecule has 1 aliphatic heterocycles. The van der Waals surface area contributed by atoms with E-state index in [9.17, 15) is 0 Å². The summed E-state index contributed by atoms with van der Waals surface area (Å²) >= 11 is 5.79. The van der Waals surface area contributed by atoms with Crippen molar-refractivity contribution in [3.8, 4) is 5.75 Å². The van der Waals surface area contributed by atoms with Crippen LogP contribution in [0.3, 0.4) is 0 Å². The molecule has 19 heavy (non-hydrogen) atoms. The number of halogens is 1. The molecule has 0 N–H and O–H groups in total. The van der Waals surface area contributed by atoms with Gasteiger partial charge in [0.05, 0.1) is 24.0 Å². The van der Waals surface area contributed by atoms with Gasteiger partial charge in [-0.1, -0.05) is 29.8 Å². The summed E-state index contributed by atoms with van der Waals surface area (Å²) in [6, 6.07) is 9.88. The van der Waals surface area contributed by atoms with Crippen molar-refractivity contribution >= 4 is 17.5 Å². The predicted octanol–water partition coefficient (Wildman–Crippen LogP) is 2.79. The van der Waals surface area contributed by atoms with Gasteiger partial charge in [0.2, 0.25) is 5.95 Å². The highest BCUT2D eigenvalue weighted by Gasteiger charge is 2.25. The number of rotatable bonds is 3. The summed E-state index contributed by atoms with van der Waals surface area (Å²) in [5, 5.41) is 0.556. The van der Waals surface area contributed by atoms with Crippen molar-refractivity contribution in [3.63, 3.8) is 0 Å². The van der Waals surface area contributed by atoms with E-state index in [4.69, 9.17) is 16.3 Å². The molecule has 5 heteroatoms. The van der Waals surface area contributed by atoms with Crippen LogP contribution in [0.5, 0.6) is 5.75 Å². The van der Waals surface area contributed by atoms with Gasteiger partial charge in [0, 0.05) is 13.0 Å². The molecule has 1 fully saturated rings. The third-order valence-electron chi connectivity index (χ3n) is 3.08. The van der Waals surface area contributed by atoms with Gasteiger partial charge in [0.1, 0.15) is 11.9 Å². The fraction of sp³-hybridized carbons (Fsp3) is 0.286. The fourth-order valence-electron chi connectivity index (χ4n) is 2.17. The Hall–Kier alpha value is -1.81. The summed E-state index contributed by atoms with van der Waals surface area (Å²) in [6.07, 6.45) is 4.40. The highest BCUT2D eigenvalue weighted by molar-refractivity contribution is 6.30. The van der Waals surface area contributed by atoms with Crippen LogP contribution in [0.1, 0.15) is 6.42 Å². The zero-order valence-electron chi connectivity index (χ0n) is 10.4. The van der Waals surface area contributed by atoms with Crippen molar-refractivity contribution in [2.45, 2.75) is 12.5 Å². The third-order valence-corrected chi connectivity index (χ3v) is 3.28. The second kappa shape index (κ2) is 5.45. The molecule has 2 heterocycles. The topological polar surface area (TPSA) is 38.2 Å². The fourth-order valence-corrected chi connectivity index (χ4v) is 2.26. The number of anilines is 1. The SMILES string of the molecule is Clc1cnc(N2CC[C@H](Oc3ccccc3)C2)nc1. The Morgan fingerprint density at radius 2 is 1.89 bits per heavy atom. The summed E-state index contributed by atoms with van der Waals surface area (Å²) in [5.74, 6) is 1.62. The minimum absolute atomic E-state index is 0.182. The van der Waals surface area contributed by atoms with E-state index in [0.29, 0.717) is 11.0 Å². The molecule has 0 spiro atoms. The lowest BCUT2D eigenvalue weighted by molar-refractivity contribution is 0.225. The average Bonchev–Trinajstić information content (AvgIpc) is 2.89. The molecule has 4 nitrogen and oxygen atoms in total. The quantitative estimate of drug-likeness (QED) is 0.863. The maximum atomic E-state index is 5.93. The molecule has 0 bridgehead atoms. The van der Waals surface area contributed by atoms with Crippen molar-refractivity contribution in [3.05, 3.63) is 47.7 Å². The van der Waals surface area contributed by atoms with Crippen molar-refractivity contribution in [2.75, 3.05) is 18.0 Å². The first-order valence-corrected chi connectivity index (χ1v) is 6.63. The minimum Gasteiger partial charge on any atom is -0.489 e. The van der Waals surface area contributed by atoms with Crippen LogP contribution < -0.4 is 9.64 Å². The number of ether oxygens (including phenoxy) is 1. The molecule has 98 valence electrons. The number of para-hydroxylation sites is 1. The Balaban J connectivity index is 1.62. The molecule has 0 radical (unpaired) electrons. The predicted molar refractivity (Wildman–Crippen MR) is 74.7 cm³/mol. The molecular weight excluding hydrogens is 262 g/mol. The molecule has 3 rings (SSSR count). The van der Waals surface area contributed by atoms with Crippen LogP contribution in [0.25, 0.3) is 0 Å². The highest BCUT2D eigenvalue weighted by atomic mass is 35.5. The van der Waals surface area contributed by atoms with Crippen molar-refractivity contribution in [2.24, 2.45) is 0 Å². The molecule has 0 amide bonds. The standard InChI is InChI=1S/C14H14ClN3O/c15-11-8-16-14(17-9-11)18-7-6-13(10-18)19-12-4-2-1-3-5-12/h1-5,8-9,13H,6-7,10H2/t13-/m0/s1. The van der Waals surface area contributed by atoms with E-state index >= 15 is 0 Å². The summed E-state index contributed by atoms with van der Waals surface area (Å²) in [4.78, 5) is 10.6. The lowest BCUT2D eigenvalue weighted by Crippen LogP contribution is -2.25. The van der Waals surface area contributed by atoms with Gasteiger partial charge in [-0.3, -0.25) is 0 Å². The zero-order valence-corrected chi connectivity index (χ0v) is 11.1. The Bertz CT molecular complexity index is 532. The van der Waals surface area contributed by atoms with Crippen LogP contribution >= 0.6 is 11.6 Å². The average molecular weight is 276 g/mol. The first-order valence-electron chi connectivity index (χ1n) is 6.25. The van der Waals surface area contributed by atoms with E-state index in [1.54, 1.807) is 12.4 Å². The highest BCUT2D eigenvalue weighted by Crippen LogP contribution is 2.21. The molecular formula is C14H14ClN3O. The molecule has 1 aromatic carbocycles. The smallest absolute Gasteiger partial charge is 0.225 e. The van der Waals surface area contributed by atoms with Gasteiger partial charge in [0.15, 0.2) is 0 Å². The summed E-state index contributed by atoms with van der Waals surface area (Å²) in [6.45, 7) is 1.70. The van der Waals surface area contributed by atoms with Gasteiger partial charge < -0.3 is 9.64 Å². The van der Waals surface area contributed by atoms with Gasteiger partial charge >= 0.3 is 0 Å². The number of benzene rings is 1. The first kappa shape index (κ1) is 12.2. The summed E-state index contributed by atoms with van der Waals surface area (Å²) < 4.78 is 5.93. The van der Waals surface area contributed by atoms with Crippen molar-refractivity contribution in [1.82, 2.24) is 9.97 Å². The zero-order chi connectivity index (χ0) is 13.1. The Morgan fingerprint density at radius 1 is 1.16 bits per heavy atom. The number of aromatic nitrogens is 2. The van der Waals surface area contributed by atoms with Crippen LogP contribution in [-0.4, -0.2) is 29.2 Å². The van der Waals surface area contributed by atoms with Crippen LogP contribution in [0.2, 0.25) is 5.02 Å². The molecule has 0 aliphatic carbocycles. The second-order valence-corrected chi connectivity index (χ2v) is 4.93. The van der Waals surface area contributed by atoms with Crippen LogP contribution in [0, 0.1) is 0 Å². The first-order chi connectivity index (χ1) is 9.31. The van der Waals surface area contributed by atoms with Crippen LogP contribution in [0.4, 0.5) is 5.95 Å². The normalized spacial score (nSPS) is 18.6. The largest absolute Gasteiger partial charge is 0.489 e. The van der Waals surface area contributed by atoms with Crippen molar-refractivity contribution < 1.29 is 4.74 Å². The number of hydrogen-bond acceptors (Lipinski definition) is 4. The Morgan fingerprint density at radius 3 is 2.63 bits per heavy atom. The van der Waals surface area contributed by atoms with E-state index in [0.717, 1.165) is 25.3 Å². The minimum atomic E-state index is 0.182.